The maximum Gasteiger partial charge on any atom is 0.226 e. The van der Waals surface area contributed by atoms with Crippen molar-refractivity contribution in [3.05, 3.63) is 71.0 Å². The molecule has 25 heavy (non-hydrogen) atoms. The number of rotatable bonds is 3. The van der Waals surface area contributed by atoms with Crippen LogP contribution in [0.15, 0.2) is 48.5 Å². The molecule has 0 aliphatic heterocycles. The third-order valence-electron chi connectivity index (χ3n) is 4.72. The van der Waals surface area contributed by atoms with Crippen LogP contribution in [0.3, 0.4) is 0 Å². The van der Waals surface area contributed by atoms with Crippen LogP contribution in [-0.4, -0.2) is 9.97 Å². The van der Waals surface area contributed by atoms with E-state index in [1.807, 2.05) is 18.2 Å². The molecule has 0 saturated heterocycles. The van der Waals surface area contributed by atoms with Crippen LogP contribution in [0.4, 0.5) is 0 Å². The topological polar surface area (TPSA) is 35.0 Å². The Bertz CT molecular complexity index is 931. The summed E-state index contributed by atoms with van der Waals surface area (Å²) in [6.45, 7) is 6.30. The molecule has 0 N–H and O–H groups in total. The molecule has 3 heteroatoms. The molecule has 0 unspecified atom stereocenters. The lowest BCUT2D eigenvalue weighted by Gasteiger charge is -2.22. The largest absolute Gasteiger partial charge is 0.438 e. The Morgan fingerprint density at radius 2 is 1.68 bits per heavy atom. The van der Waals surface area contributed by atoms with Crippen molar-refractivity contribution in [1.29, 1.82) is 0 Å². The first-order chi connectivity index (χ1) is 12.1. The van der Waals surface area contributed by atoms with Gasteiger partial charge in [0.15, 0.2) is 0 Å². The van der Waals surface area contributed by atoms with Crippen LogP contribution in [0.1, 0.15) is 42.3 Å². The highest BCUT2D eigenvalue weighted by Gasteiger charge is 2.24. The number of ether oxygens (including phenoxy) is 1. The van der Waals surface area contributed by atoms with E-state index >= 15 is 0 Å². The zero-order valence-corrected chi connectivity index (χ0v) is 14.9. The maximum atomic E-state index is 6.26. The van der Waals surface area contributed by atoms with E-state index in [1.54, 1.807) is 0 Å². The summed E-state index contributed by atoms with van der Waals surface area (Å²) in [5.41, 5.74) is 5.82. The smallest absolute Gasteiger partial charge is 0.226 e. The van der Waals surface area contributed by atoms with E-state index in [2.05, 4.69) is 51.1 Å². The molecule has 0 radical (unpaired) electrons. The first-order valence-corrected chi connectivity index (χ1v) is 8.86. The van der Waals surface area contributed by atoms with Gasteiger partial charge in [-0.1, -0.05) is 56.3 Å². The van der Waals surface area contributed by atoms with Crippen molar-refractivity contribution in [2.75, 3.05) is 0 Å². The summed E-state index contributed by atoms with van der Waals surface area (Å²) in [5, 5.41) is 0. The van der Waals surface area contributed by atoms with Crippen molar-refractivity contribution >= 4 is 0 Å². The summed E-state index contributed by atoms with van der Waals surface area (Å²) < 4.78 is 6.26. The molecule has 2 aromatic carbocycles. The lowest BCUT2D eigenvalue weighted by atomic mass is 9.89. The van der Waals surface area contributed by atoms with Gasteiger partial charge >= 0.3 is 0 Å². The zero-order chi connectivity index (χ0) is 17.4. The third-order valence-corrected chi connectivity index (χ3v) is 4.72. The van der Waals surface area contributed by atoms with Gasteiger partial charge in [-0.05, 0) is 37.0 Å². The molecule has 0 bridgehead atoms. The monoisotopic (exact) mass is 330 g/mol. The van der Waals surface area contributed by atoms with Gasteiger partial charge in [-0.2, -0.15) is 4.98 Å². The van der Waals surface area contributed by atoms with Crippen LogP contribution < -0.4 is 4.74 Å². The average Bonchev–Trinajstić information content (AvgIpc) is 2.63. The minimum atomic E-state index is 0.249. The second kappa shape index (κ2) is 6.32. The molecule has 4 rings (SSSR count). The number of nitrogens with zero attached hydrogens (tertiary/aromatic N) is 2. The molecule has 0 spiro atoms. The van der Waals surface area contributed by atoms with Gasteiger partial charge in [0.05, 0.1) is 5.69 Å². The Balaban J connectivity index is 1.88. The Hall–Kier alpha value is -2.68. The first-order valence-electron chi connectivity index (χ1n) is 8.86. The minimum absolute atomic E-state index is 0.249. The summed E-state index contributed by atoms with van der Waals surface area (Å²) in [5.74, 6) is 2.65. The molecule has 0 fully saturated rings. The Kier molecular flexibility index (Phi) is 4.00. The van der Waals surface area contributed by atoms with Crippen LogP contribution in [-0.2, 0) is 12.8 Å². The lowest BCUT2D eigenvalue weighted by molar-refractivity contribution is 0.446. The summed E-state index contributed by atoms with van der Waals surface area (Å²) in [6, 6.07) is 16.6. The number of fused-ring (bicyclic) bond motifs is 3. The number of para-hydroxylation sites is 1. The van der Waals surface area contributed by atoms with Crippen molar-refractivity contribution in [3.63, 3.8) is 0 Å². The summed E-state index contributed by atoms with van der Waals surface area (Å²) in [7, 11) is 0. The van der Waals surface area contributed by atoms with Gasteiger partial charge in [0.1, 0.15) is 11.6 Å². The van der Waals surface area contributed by atoms with Crippen molar-refractivity contribution in [2.45, 2.75) is 39.5 Å². The van der Waals surface area contributed by atoms with E-state index in [0.29, 0.717) is 5.88 Å². The second-order valence-corrected chi connectivity index (χ2v) is 6.89. The fourth-order valence-electron chi connectivity index (χ4n) is 3.27. The normalized spacial score (nSPS) is 12.6. The van der Waals surface area contributed by atoms with Gasteiger partial charge in [-0.3, -0.25) is 0 Å². The van der Waals surface area contributed by atoms with Gasteiger partial charge in [0, 0.05) is 17.0 Å². The van der Waals surface area contributed by atoms with Crippen LogP contribution >= 0.6 is 0 Å². The molecule has 1 aliphatic carbocycles. The molecule has 0 atom stereocenters. The van der Waals surface area contributed by atoms with Gasteiger partial charge in [-0.25, -0.2) is 4.98 Å². The van der Waals surface area contributed by atoms with Crippen molar-refractivity contribution in [2.24, 2.45) is 0 Å². The number of aromatic nitrogens is 2. The first kappa shape index (κ1) is 15.8. The van der Waals surface area contributed by atoms with Gasteiger partial charge in [0.25, 0.3) is 0 Å². The molecular formula is C22H22N2O. The van der Waals surface area contributed by atoms with E-state index in [-0.39, 0.29) is 5.92 Å². The maximum absolute atomic E-state index is 6.26. The molecule has 1 heterocycles. The van der Waals surface area contributed by atoms with E-state index in [9.17, 15) is 0 Å². The Morgan fingerprint density at radius 3 is 2.48 bits per heavy atom. The van der Waals surface area contributed by atoms with E-state index in [0.717, 1.165) is 41.2 Å². The highest BCUT2D eigenvalue weighted by Crippen LogP contribution is 2.38. The van der Waals surface area contributed by atoms with Crippen molar-refractivity contribution in [3.8, 4) is 22.9 Å². The number of aryl methyl sites for hydroxylation is 2. The molecule has 0 saturated carbocycles. The van der Waals surface area contributed by atoms with Crippen LogP contribution in [0, 0.1) is 6.92 Å². The number of benzene rings is 2. The summed E-state index contributed by atoms with van der Waals surface area (Å²) in [4.78, 5) is 9.65. The third kappa shape index (κ3) is 2.91. The van der Waals surface area contributed by atoms with Crippen LogP contribution in [0.2, 0.25) is 0 Å². The second-order valence-electron chi connectivity index (χ2n) is 6.89. The predicted octanol–water partition coefficient (Wildman–Crippen LogP) is 5.47. The minimum Gasteiger partial charge on any atom is -0.438 e. The zero-order valence-electron chi connectivity index (χ0n) is 14.9. The molecule has 1 aromatic heterocycles. The van der Waals surface area contributed by atoms with Crippen LogP contribution in [0.25, 0.3) is 11.3 Å². The Morgan fingerprint density at radius 1 is 0.920 bits per heavy atom. The molecule has 1 aliphatic rings. The highest BCUT2D eigenvalue weighted by molar-refractivity contribution is 5.71. The molecular weight excluding hydrogens is 308 g/mol. The highest BCUT2D eigenvalue weighted by atomic mass is 16.5. The molecule has 3 nitrogen and oxygen atoms in total. The summed E-state index contributed by atoms with van der Waals surface area (Å²) >= 11 is 0. The molecule has 3 aromatic rings. The number of hydrogen-bond acceptors (Lipinski definition) is 3. The van der Waals surface area contributed by atoms with Crippen molar-refractivity contribution in [1.82, 2.24) is 9.97 Å². The molecule has 0 amide bonds. The number of hydrogen-bond donors (Lipinski definition) is 0. The SMILES string of the molecule is Cc1ccccc1Oc1nc(C(C)C)nc2c1CCc1ccccc1-2. The Labute approximate surface area is 148 Å². The fraction of sp³-hybridized carbons (Fsp3) is 0.273. The average molecular weight is 330 g/mol. The fourth-order valence-corrected chi connectivity index (χ4v) is 3.27. The van der Waals surface area contributed by atoms with Crippen LogP contribution in [0.5, 0.6) is 11.6 Å². The van der Waals surface area contributed by atoms with Gasteiger partial charge in [0.2, 0.25) is 5.88 Å². The quantitative estimate of drug-likeness (QED) is 0.639. The lowest BCUT2D eigenvalue weighted by Crippen LogP contribution is -2.12. The predicted molar refractivity (Wildman–Crippen MR) is 100 cm³/mol. The van der Waals surface area contributed by atoms with Crippen molar-refractivity contribution < 1.29 is 4.74 Å². The van der Waals surface area contributed by atoms with E-state index in [1.165, 1.54) is 11.1 Å². The standard InChI is InChI=1S/C22H22N2O/c1-14(2)21-23-20-17-10-6-5-9-16(17)12-13-18(20)22(24-21)25-19-11-7-4-8-15(19)3/h4-11,14H,12-13H2,1-3H3. The van der Waals surface area contributed by atoms with E-state index in [4.69, 9.17) is 14.7 Å². The molecule has 126 valence electrons. The summed E-state index contributed by atoms with van der Waals surface area (Å²) in [6.07, 6.45) is 1.91. The van der Waals surface area contributed by atoms with Gasteiger partial charge < -0.3 is 4.74 Å². The van der Waals surface area contributed by atoms with Gasteiger partial charge in [-0.15, -0.1) is 0 Å². The van der Waals surface area contributed by atoms with E-state index < -0.39 is 0 Å².